The molecule has 0 radical (unpaired) electrons. The number of rotatable bonds is 5. The Balaban J connectivity index is 1.88. The Kier molecular flexibility index (Phi) is 4.88. The Labute approximate surface area is 122 Å². The van der Waals surface area contributed by atoms with Crippen LogP contribution in [0, 0.1) is 0 Å². The number of benzene rings is 1. The van der Waals surface area contributed by atoms with Crippen molar-refractivity contribution in [2.24, 2.45) is 7.05 Å². The van der Waals surface area contributed by atoms with Crippen LogP contribution in [0.1, 0.15) is 17.2 Å². The van der Waals surface area contributed by atoms with Crippen LogP contribution in [-0.4, -0.2) is 16.2 Å². The number of aliphatic hydroxyl groups is 1. The smallest absolute Gasteiger partial charge is 0.0915 e. The van der Waals surface area contributed by atoms with Crippen molar-refractivity contribution < 1.29 is 5.11 Å². The van der Waals surface area contributed by atoms with Crippen LogP contribution < -0.4 is 5.32 Å². The van der Waals surface area contributed by atoms with Gasteiger partial charge in [0.05, 0.1) is 6.10 Å². The molecule has 0 spiro atoms. The van der Waals surface area contributed by atoms with Gasteiger partial charge in [-0.2, -0.15) is 0 Å². The van der Waals surface area contributed by atoms with E-state index in [0.717, 1.165) is 5.56 Å². The Morgan fingerprint density at radius 3 is 2.53 bits per heavy atom. The van der Waals surface area contributed by atoms with E-state index in [9.17, 15) is 5.11 Å². The fourth-order valence-electron chi connectivity index (χ4n) is 1.90. The summed E-state index contributed by atoms with van der Waals surface area (Å²) in [5, 5.41) is 14.3. The first kappa shape index (κ1) is 14.4. The van der Waals surface area contributed by atoms with Gasteiger partial charge in [-0.15, -0.1) is 0 Å². The van der Waals surface area contributed by atoms with E-state index in [2.05, 4.69) is 5.32 Å². The highest BCUT2D eigenvalue weighted by Crippen LogP contribution is 2.23. The zero-order valence-electron chi connectivity index (χ0n) is 10.6. The standard InChI is InChI=1S/C14H16Cl2N2O/c1-18-3-2-10(9-18)7-17-8-14(19)11-4-12(15)6-13(16)5-11/h2-6,9,14,17,19H,7-8H2,1H3. The molecule has 19 heavy (non-hydrogen) atoms. The van der Waals surface area contributed by atoms with E-state index >= 15 is 0 Å². The third kappa shape index (κ3) is 4.25. The first-order valence-electron chi connectivity index (χ1n) is 6.00. The van der Waals surface area contributed by atoms with Gasteiger partial charge in [0.2, 0.25) is 0 Å². The van der Waals surface area contributed by atoms with Crippen LogP contribution in [0.4, 0.5) is 0 Å². The van der Waals surface area contributed by atoms with E-state index < -0.39 is 6.10 Å². The van der Waals surface area contributed by atoms with Crippen molar-refractivity contribution in [3.05, 3.63) is 57.8 Å². The maximum Gasteiger partial charge on any atom is 0.0915 e. The number of halogens is 2. The van der Waals surface area contributed by atoms with Crippen LogP contribution in [0.25, 0.3) is 0 Å². The van der Waals surface area contributed by atoms with Gasteiger partial charge in [0, 0.05) is 42.6 Å². The van der Waals surface area contributed by atoms with E-state index in [1.165, 1.54) is 5.56 Å². The van der Waals surface area contributed by atoms with Crippen LogP contribution in [0.15, 0.2) is 36.7 Å². The summed E-state index contributed by atoms with van der Waals surface area (Å²) in [6.07, 6.45) is 3.40. The highest BCUT2D eigenvalue weighted by Gasteiger charge is 2.09. The van der Waals surface area contributed by atoms with E-state index in [1.807, 2.05) is 30.1 Å². The predicted molar refractivity (Wildman–Crippen MR) is 78.5 cm³/mol. The van der Waals surface area contributed by atoms with Crippen molar-refractivity contribution in [1.82, 2.24) is 9.88 Å². The van der Waals surface area contributed by atoms with E-state index in [4.69, 9.17) is 23.2 Å². The van der Waals surface area contributed by atoms with Crippen molar-refractivity contribution in [3.8, 4) is 0 Å². The average Bonchev–Trinajstić information content (AvgIpc) is 2.73. The summed E-state index contributed by atoms with van der Waals surface area (Å²) in [4.78, 5) is 0. The first-order chi connectivity index (χ1) is 9.04. The monoisotopic (exact) mass is 298 g/mol. The van der Waals surface area contributed by atoms with Gasteiger partial charge in [0.1, 0.15) is 0 Å². The van der Waals surface area contributed by atoms with Gasteiger partial charge in [0.25, 0.3) is 0 Å². The second-order valence-corrected chi connectivity index (χ2v) is 5.41. The molecule has 0 aliphatic carbocycles. The molecule has 1 aromatic carbocycles. The number of hydrogen-bond donors (Lipinski definition) is 2. The molecule has 0 aliphatic rings. The summed E-state index contributed by atoms with van der Waals surface area (Å²) in [6, 6.07) is 7.14. The minimum absolute atomic E-state index is 0.450. The summed E-state index contributed by atoms with van der Waals surface area (Å²) in [5.41, 5.74) is 1.90. The maximum absolute atomic E-state index is 10.1. The topological polar surface area (TPSA) is 37.2 Å². The van der Waals surface area contributed by atoms with Gasteiger partial charge in [-0.25, -0.2) is 0 Å². The molecule has 102 valence electrons. The highest BCUT2D eigenvalue weighted by molar-refractivity contribution is 6.34. The highest BCUT2D eigenvalue weighted by atomic mass is 35.5. The van der Waals surface area contributed by atoms with Crippen LogP contribution in [0.5, 0.6) is 0 Å². The van der Waals surface area contributed by atoms with E-state index in [1.54, 1.807) is 18.2 Å². The lowest BCUT2D eigenvalue weighted by Crippen LogP contribution is -2.20. The fraction of sp³-hybridized carbons (Fsp3) is 0.286. The largest absolute Gasteiger partial charge is 0.387 e. The Bertz CT molecular complexity index is 534. The van der Waals surface area contributed by atoms with Crippen molar-refractivity contribution in [3.63, 3.8) is 0 Å². The number of aromatic nitrogens is 1. The van der Waals surface area contributed by atoms with Gasteiger partial charge in [0.15, 0.2) is 0 Å². The molecule has 0 bridgehead atoms. The van der Waals surface area contributed by atoms with Gasteiger partial charge in [-0.3, -0.25) is 0 Å². The molecule has 2 rings (SSSR count). The first-order valence-corrected chi connectivity index (χ1v) is 6.76. The molecule has 5 heteroatoms. The average molecular weight is 299 g/mol. The molecule has 0 saturated carbocycles. The summed E-state index contributed by atoms with van der Waals surface area (Å²) < 4.78 is 1.99. The molecule has 0 amide bonds. The number of hydrogen-bond acceptors (Lipinski definition) is 2. The fourth-order valence-corrected chi connectivity index (χ4v) is 2.45. The zero-order valence-corrected chi connectivity index (χ0v) is 12.1. The lowest BCUT2D eigenvalue weighted by Gasteiger charge is -2.12. The minimum atomic E-state index is -0.625. The third-order valence-electron chi connectivity index (χ3n) is 2.83. The van der Waals surface area contributed by atoms with E-state index in [-0.39, 0.29) is 0 Å². The van der Waals surface area contributed by atoms with Crippen LogP contribution in [0.2, 0.25) is 10.0 Å². The summed E-state index contributed by atoms with van der Waals surface area (Å²) in [5.74, 6) is 0. The minimum Gasteiger partial charge on any atom is -0.387 e. The quantitative estimate of drug-likeness (QED) is 0.890. The summed E-state index contributed by atoms with van der Waals surface area (Å²) in [7, 11) is 1.98. The lowest BCUT2D eigenvalue weighted by molar-refractivity contribution is 0.174. The molecule has 3 nitrogen and oxygen atoms in total. The molecule has 0 saturated heterocycles. The third-order valence-corrected chi connectivity index (χ3v) is 3.27. The predicted octanol–water partition coefficient (Wildman–Crippen LogP) is 3.16. The second kappa shape index (κ2) is 6.44. The summed E-state index contributed by atoms with van der Waals surface area (Å²) in [6.45, 7) is 1.16. The van der Waals surface area contributed by atoms with Gasteiger partial charge < -0.3 is 15.0 Å². The molecule has 1 heterocycles. The van der Waals surface area contributed by atoms with Gasteiger partial charge in [-0.1, -0.05) is 23.2 Å². The molecule has 0 aliphatic heterocycles. The van der Waals surface area contributed by atoms with Crippen molar-refractivity contribution in [2.75, 3.05) is 6.54 Å². The Morgan fingerprint density at radius 2 is 1.95 bits per heavy atom. The maximum atomic E-state index is 10.1. The van der Waals surface area contributed by atoms with Crippen LogP contribution >= 0.6 is 23.2 Å². The molecular formula is C14H16Cl2N2O. The molecule has 1 unspecified atom stereocenters. The Hall–Kier alpha value is -1.00. The zero-order chi connectivity index (χ0) is 13.8. The van der Waals surface area contributed by atoms with Crippen molar-refractivity contribution >= 4 is 23.2 Å². The molecule has 2 aromatic rings. The molecular weight excluding hydrogens is 283 g/mol. The van der Waals surface area contributed by atoms with Crippen LogP contribution in [0.3, 0.4) is 0 Å². The number of nitrogens with zero attached hydrogens (tertiary/aromatic N) is 1. The van der Waals surface area contributed by atoms with Crippen molar-refractivity contribution in [2.45, 2.75) is 12.6 Å². The second-order valence-electron chi connectivity index (χ2n) is 4.53. The van der Waals surface area contributed by atoms with Gasteiger partial charge >= 0.3 is 0 Å². The molecule has 2 N–H and O–H groups in total. The molecule has 1 aromatic heterocycles. The number of aryl methyl sites for hydroxylation is 1. The molecule has 1 atom stereocenters. The normalized spacial score (nSPS) is 12.6. The molecule has 0 fully saturated rings. The van der Waals surface area contributed by atoms with Gasteiger partial charge in [-0.05, 0) is 35.4 Å². The van der Waals surface area contributed by atoms with Crippen LogP contribution in [-0.2, 0) is 13.6 Å². The number of aliphatic hydroxyl groups excluding tert-OH is 1. The van der Waals surface area contributed by atoms with E-state index in [0.29, 0.717) is 23.1 Å². The lowest BCUT2D eigenvalue weighted by atomic mass is 10.1. The number of nitrogens with one attached hydrogen (secondary N) is 1. The van der Waals surface area contributed by atoms with Crippen molar-refractivity contribution in [1.29, 1.82) is 0 Å². The summed E-state index contributed by atoms with van der Waals surface area (Å²) >= 11 is 11.8. The SMILES string of the molecule is Cn1ccc(CNCC(O)c2cc(Cl)cc(Cl)c2)c1. The Morgan fingerprint density at radius 1 is 1.26 bits per heavy atom.